The van der Waals surface area contributed by atoms with Crippen LogP contribution in [0, 0.1) is 5.92 Å². The number of piperidine rings is 2. The molecule has 1 aromatic heterocycles. The zero-order valence-electron chi connectivity index (χ0n) is 18.1. The van der Waals surface area contributed by atoms with Crippen molar-refractivity contribution < 1.29 is 17.6 Å². The molecule has 2 aliphatic heterocycles. The molecule has 3 heterocycles. The molecule has 9 heteroatoms. The van der Waals surface area contributed by atoms with E-state index in [2.05, 4.69) is 0 Å². The van der Waals surface area contributed by atoms with Crippen molar-refractivity contribution in [2.24, 2.45) is 5.92 Å². The van der Waals surface area contributed by atoms with E-state index in [9.17, 15) is 18.0 Å². The molecule has 0 spiro atoms. The second-order valence-corrected chi connectivity index (χ2v) is 10.6. The van der Waals surface area contributed by atoms with Gasteiger partial charge in [0.25, 0.3) is 0 Å². The van der Waals surface area contributed by atoms with Gasteiger partial charge in [0.2, 0.25) is 15.9 Å². The minimum atomic E-state index is -3.68. The number of benzene rings is 1. The molecule has 0 atom stereocenters. The van der Waals surface area contributed by atoms with Crippen molar-refractivity contribution in [3.8, 4) is 0 Å². The van der Waals surface area contributed by atoms with E-state index in [0.29, 0.717) is 50.0 Å². The fourth-order valence-electron chi connectivity index (χ4n) is 4.66. The van der Waals surface area contributed by atoms with E-state index in [0.717, 1.165) is 32.4 Å². The summed E-state index contributed by atoms with van der Waals surface area (Å²) < 4.78 is 34.6. The summed E-state index contributed by atoms with van der Waals surface area (Å²) in [5.74, 6) is -0.0342. The maximum atomic E-state index is 13.1. The Morgan fingerprint density at radius 1 is 1.10 bits per heavy atom. The van der Waals surface area contributed by atoms with Gasteiger partial charge in [0.05, 0.1) is 10.4 Å². The minimum absolute atomic E-state index is 0.139. The average molecular weight is 450 g/mol. The summed E-state index contributed by atoms with van der Waals surface area (Å²) >= 11 is 0. The lowest BCUT2D eigenvalue weighted by Crippen LogP contribution is -2.41. The average Bonchev–Trinajstić information content (AvgIpc) is 3.09. The SMILES string of the molecule is CCCn1c(=O)oc2cc(S(=O)(=O)N3CCC(CC(=O)N4CCCCC4)CC3)ccc21. The fourth-order valence-corrected chi connectivity index (χ4v) is 6.15. The maximum Gasteiger partial charge on any atom is 0.419 e. The molecule has 0 N–H and O–H groups in total. The number of aromatic nitrogens is 1. The number of amides is 1. The molecular weight excluding hydrogens is 418 g/mol. The van der Waals surface area contributed by atoms with Crippen LogP contribution in [0.4, 0.5) is 0 Å². The lowest BCUT2D eigenvalue weighted by Gasteiger charge is -2.33. The molecule has 2 saturated heterocycles. The predicted molar refractivity (Wildman–Crippen MR) is 117 cm³/mol. The van der Waals surface area contributed by atoms with Crippen LogP contribution in [0.1, 0.15) is 51.9 Å². The maximum absolute atomic E-state index is 13.1. The number of fused-ring (bicyclic) bond motifs is 1. The van der Waals surface area contributed by atoms with E-state index < -0.39 is 15.8 Å². The Bertz CT molecular complexity index is 1090. The Morgan fingerprint density at radius 3 is 2.48 bits per heavy atom. The van der Waals surface area contributed by atoms with E-state index in [1.54, 1.807) is 12.1 Å². The molecule has 0 unspecified atom stereocenters. The fraction of sp³-hybridized carbons (Fsp3) is 0.636. The van der Waals surface area contributed by atoms with Gasteiger partial charge < -0.3 is 9.32 Å². The summed E-state index contributed by atoms with van der Waals surface area (Å²) in [7, 11) is -3.68. The largest absolute Gasteiger partial charge is 0.419 e. The normalized spacial score (nSPS) is 19.2. The van der Waals surface area contributed by atoms with Crippen LogP contribution in [0.15, 0.2) is 32.3 Å². The van der Waals surface area contributed by atoms with Crippen molar-refractivity contribution in [3.05, 3.63) is 28.7 Å². The van der Waals surface area contributed by atoms with Crippen LogP contribution < -0.4 is 5.76 Å². The molecule has 0 aliphatic carbocycles. The van der Waals surface area contributed by atoms with E-state index >= 15 is 0 Å². The van der Waals surface area contributed by atoms with E-state index in [4.69, 9.17) is 4.42 Å². The molecule has 1 aromatic carbocycles. The number of nitrogens with zero attached hydrogens (tertiary/aromatic N) is 3. The highest BCUT2D eigenvalue weighted by molar-refractivity contribution is 7.89. The molecule has 1 amide bonds. The molecule has 2 fully saturated rings. The van der Waals surface area contributed by atoms with E-state index in [1.165, 1.54) is 21.4 Å². The standard InChI is InChI=1S/C22H31N3O5S/c1-2-10-25-19-7-6-18(16-20(19)30-22(25)27)31(28,29)24-13-8-17(9-14-24)15-21(26)23-11-4-3-5-12-23/h6-7,16-17H,2-5,8-15H2,1H3. The van der Waals surface area contributed by atoms with Crippen molar-refractivity contribution in [3.63, 3.8) is 0 Å². The summed E-state index contributed by atoms with van der Waals surface area (Å²) in [6, 6.07) is 4.64. The summed E-state index contributed by atoms with van der Waals surface area (Å²) in [5.41, 5.74) is 0.905. The Balaban J connectivity index is 1.42. The van der Waals surface area contributed by atoms with Crippen LogP contribution in [0.5, 0.6) is 0 Å². The second kappa shape index (κ2) is 9.16. The molecule has 8 nitrogen and oxygen atoms in total. The molecule has 2 aliphatic rings. The molecule has 0 bridgehead atoms. The van der Waals surface area contributed by atoms with Crippen molar-refractivity contribution >= 4 is 27.0 Å². The number of carbonyl (C=O) groups is 1. The highest BCUT2D eigenvalue weighted by Gasteiger charge is 2.31. The topological polar surface area (TPSA) is 92.8 Å². The highest BCUT2D eigenvalue weighted by atomic mass is 32.2. The summed E-state index contributed by atoms with van der Waals surface area (Å²) in [6.45, 7) is 5.00. The lowest BCUT2D eigenvalue weighted by molar-refractivity contribution is -0.133. The molecule has 0 radical (unpaired) electrons. The van der Waals surface area contributed by atoms with Gasteiger partial charge in [0, 0.05) is 45.2 Å². The third-order valence-electron chi connectivity index (χ3n) is 6.47. The first-order valence-corrected chi connectivity index (χ1v) is 12.8. The third kappa shape index (κ3) is 4.57. The van der Waals surface area contributed by atoms with Crippen molar-refractivity contribution in [2.75, 3.05) is 26.2 Å². The van der Waals surface area contributed by atoms with Crippen LogP contribution >= 0.6 is 0 Å². The number of hydrogen-bond acceptors (Lipinski definition) is 5. The van der Waals surface area contributed by atoms with Gasteiger partial charge in [-0.05, 0) is 56.6 Å². The molecule has 31 heavy (non-hydrogen) atoms. The first-order chi connectivity index (χ1) is 14.9. The van der Waals surface area contributed by atoms with Gasteiger partial charge in [0.15, 0.2) is 5.58 Å². The Labute approximate surface area is 182 Å². The third-order valence-corrected chi connectivity index (χ3v) is 8.36. The smallest absolute Gasteiger partial charge is 0.408 e. The van der Waals surface area contributed by atoms with Gasteiger partial charge >= 0.3 is 5.76 Å². The first-order valence-electron chi connectivity index (χ1n) is 11.3. The quantitative estimate of drug-likeness (QED) is 0.676. The number of sulfonamides is 1. The summed E-state index contributed by atoms with van der Waals surface area (Å²) in [5, 5.41) is 0. The number of oxazole rings is 1. The predicted octanol–water partition coefficient (Wildman–Crippen LogP) is 2.81. The molecule has 0 saturated carbocycles. The second-order valence-electron chi connectivity index (χ2n) is 8.64. The monoisotopic (exact) mass is 449 g/mol. The molecule has 170 valence electrons. The van der Waals surface area contributed by atoms with Crippen molar-refractivity contribution in [1.82, 2.24) is 13.8 Å². The number of likely N-dealkylation sites (tertiary alicyclic amines) is 1. The number of rotatable bonds is 6. The Morgan fingerprint density at radius 2 is 1.81 bits per heavy atom. The van der Waals surface area contributed by atoms with E-state index in [-0.39, 0.29) is 16.7 Å². The molecular formula is C22H31N3O5S. The van der Waals surface area contributed by atoms with Gasteiger partial charge in [0.1, 0.15) is 0 Å². The summed E-state index contributed by atoms with van der Waals surface area (Å²) in [4.78, 5) is 26.7. The molecule has 4 rings (SSSR count). The van der Waals surface area contributed by atoms with Gasteiger partial charge in [-0.2, -0.15) is 4.31 Å². The van der Waals surface area contributed by atoms with Gasteiger partial charge in [-0.1, -0.05) is 6.92 Å². The Hall–Kier alpha value is -2.13. The lowest BCUT2D eigenvalue weighted by atomic mass is 9.93. The van der Waals surface area contributed by atoms with Gasteiger partial charge in [-0.3, -0.25) is 9.36 Å². The minimum Gasteiger partial charge on any atom is -0.408 e. The van der Waals surface area contributed by atoms with Crippen LogP contribution in [-0.4, -0.2) is 54.3 Å². The zero-order chi connectivity index (χ0) is 22.0. The first kappa shape index (κ1) is 22.1. The van der Waals surface area contributed by atoms with Crippen LogP contribution in [0.3, 0.4) is 0 Å². The molecule has 2 aromatic rings. The number of hydrogen-bond donors (Lipinski definition) is 0. The highest BCUT2D eigenvalue weighted by Crippen LogP contribution is 2.28. The summed E-state index contributed by atoms with van der Waals surface area (Å²) in [6.07, 6.45) is 6.01. The number of aryl methyl sites for hydroxylation is 1. The Kier molecular flexibility index (Phi) is 6.52. The van der Waals surface area contributed by atoms with Crippen LogP contribution in [0.25, 0.3) is 11.1 Å². The van der Waals surface area contributed by atoms with Crippen molar-refractivity contribution in [1.29, 1.82) is 0 Å². The van der Waals surface area contributed by atoms with Crippen LogP contribution in [-0.2, 0) is 21.4 Å². The zero-order valence-corrected chi connectivity index (χ0v) is 18.9. The van der Waals surface area contributed by atoms with Crippen molar-refractivity contribution in [2.45, 2.75) is 63.3 Å². The van der Waals surface area contributed by atoms with E-state index in [1.807, 2.05) is 11.8 Å². The number of carbonyl (C=O) groups excluding carboxylic acids is 1. The van der Waals surface area contributed by atoms with Gasteiger partial charge in [-0.25, -0.2) is 13.2 Å². The van der Waals surface area contributed by atoms with Gasteiger partial charge in [-0.15, -0.1) is 0 Å². The van der Waals surface area contributed by atoms with Crippen LogP contribution in [0.2, 0.25) is 0 Å².